The van der Waals surface area contributed by atoms with Crippen LogP contribution < -0.4 is 0 Å². The molecule has 0 spiro atoms. The van der Waals surface area contributed by atoms with E-state index in [0.717, 1.165) is 148 Å². The molecule has 8 aliphatic rings. The fourth-order valence-electron chi connectivity index (χ4n) is 26.3. The summed E-state index contributed by atoms with van der Waals surface area (Å²) in [5.74, 6) is 5.06. The Hall–Kier alpha value is -11.7. The summed E-state index contributed by atoms with van der Waals surface area (Å²) >= 11 is 0. The summed E-state index contributed by atoms with van der Waals surface area (Å²) < 4.78 is 0. The van der Waals surface area contributed by atoms with Crippen molar-refractivity contribution >= 4 is 0 Å². The van der Waals surface area contributed by atoms with E-state index in [2.05, 4.69) is 475 Å². The number of benzene rings is 15. The van der Waals surface area contributed by atoms with Crippen LogP contribution in [0.3, 0.4) is 0 Å². The number of rotatable bonds is 35. The van der Waals surface area contributed by atoms with Crippen LogP contribution in [0.15, 0.2) is 413 Å². The molecule has 0 amide bonds. The molecular formula is C140H158. The molecule has 0 aliphatic heterocycles. The van der Waals surface area contributed by atoms with E-state index in [0.29, 0.717) is 59.2 Å². The molecular weight excluding hydrogens is 1680 g/mol. The summed E-state index contributed by atoms with van der Waals surface area (Å²) in [6.07, 6.45) is 24.4. The lowest BCUT2D eigenvalue weighted by atomic mass is 9.60. The third-order valence-corrected chi connectivity index (χ3v) is 34.3. The van der Waals surface area contributed by atoms with Crippen LogP contribution in [-0.4, -0.2) is 0 Å². The molecule has 140 heavy (non-hydrogen) atoms. The number of hydrogen-bond donors (Lipinski definition) is 0. The maximum Gasteiger partial charge on any atom is 0.0214 e. The molecule has 0 aromatic heterocycles. The molecule has 23 rings (SSSR count). The lowest BCUT2D eigenvalue weighted by Gasteiger charge is -2.43. The third-order valence-electron chi connectivity index (χ3n) is 34.3. The van der Waals surface area contributed by atoms with Crippen molar-refractivity contribution in [2.45, 2.75) is 316 Å². The molecule has 718 valence electrons. The second kappa shape index (κ2) is 49.6. The summed E-state index contributed by atoms with van der Waals surface area (Å²) in [5.41, 5.74) is 31.2. The molecule has 0 fully saturated rings. The van der Waals surface area contributed by atoms with Crippen molar-refractivity contribution < 1.29 is 0 Å². The highest BCUT2D eigenvalue weighted by Crippen LogP contribution is 2.57. The fraction of sp³-hybridized carbons (Fsp3) is 0.357. The van der Waals surface area contributed by atoms with Crippen LogP contribution in [0.2, 0.25) is 0 Å². The van der Waals surface area contributed by atoms with Crippen LogP contribution in [0.25, 0.3) is 0 Å². The second-order valence-electron chi connectivity index (χ2n) is 43.2. The van der Waals surface area contributed by atoms with Crippen LogP contribution in [0.5, 0.6) is 0 Å². The molecule has 15 aromatic rings. The minimum Gasteiger partial charge on any atom is -0.0654 e. The van der Waals surface area contributed by atoms with E-state index in [1.165, 1.54) is 122 Å². The standard InChI is InChI=1S/C140H158/c1-10-40-125(110-46-28-18-29-47-110)90-130(112-50-32-20-33-51-112)94-132(113-52-34-21-35-53-113)96-134(92-127(111-48-30-19-31-49-111)86-104(12-3)108-42-24-16-25-43-108)123-78-82-138(83-79-123)140-99-136(114-54-36-22-37-55-114)89-107(15-6)117-70-74-121(75-71-117)128(88-106(14-5)116-64-58-101(7)59-65-116)93-133(120-68-62-103(9)63-69-120)97-135(124-80-84-139(140)85-81-124)95-131(119-66-60-102(8)61-67-119)91-126(41-11-2)118-72-76-122(77-73-118)129(87-105(13-4)109-44-26-17-27-45-109)98-137(100-140)115-56-38-23-39-57-115/h16-39,42-85,104-107,125-137H,10-15,40-41,86-100H2,1-9H3. The highest BCUT2D eigenvalue weighted by Gasteiger charge is 2.43. The van der Waals surface area contributed by atoms with Gasteiger partial charge in [0, 0.05) is 5.41 Å². The van der Waals surface area contributed by atoms with E-state index in [9.17, 15) is 0 Å². The minimum absolute atomic E-state index is 0.145. The van der Waals surface area contributed by atoms with Gasteiger partial charge >= 0.3 is 0 Å². The molecule has 15 aromatic carbocycles. The summed E-state index contributed by atoms with van der Waals surface area (Å²) in [6.45, 7) is 21.5. The van der Waals surface area contributed by atoms with Crippen LogP contribution in [-0.2, 0) is 5.41 Å². The van der Waals surface area contributed by atoms with Crippen molar-refractivity contribution in [2.75, 3.05) is 0 Å². The van der Waals surface area contributed by atoms with Crippen molar-refractivity contribution in [3.05, 3.63) is 535 Å². The molecule has 0 heterocycles. The van der Waals surface area contributed by atoms with Gasteiger partial charge in [-0.05, 0) is 362 Å². The number of hydrogen-bond acceptors (Lipinski definition) is 0. The summed E-state index contributed by atoms with van der Waals surface area (Å²) in [7, 11) is 0. The molecule has 0 radical (unpaired) electrons. The maximum atomic E-state index is 2.76. The Morgan fingerprint density at radius 2 is 0.450 bits per heavy atom. The van der Waals surface area contributed by atoms with E-state index in [-0.39, 0.29) is 41.4 Å². The Bertz CT molecular complexity index is 6100. The zero-order valence-electron chi connectivity index (χ0n) is 85.8. The van der Waals surface area contributed by atoms with Crippen LogP contribution in [0.4, 0.5) is 0 Å². The maximum absolute atomic E-state index is 2.76. The van der Waals surface area contributed by atoms with Gasteiger partial charge in [-0.3, -0.25) is 0 Å². The monoisotopic (exact) mass is 1840 g/mol. The minimum atomic E-state index is -0.539. The molecule has 18 atom stereocenters. The SMILES string of the molecule is CCCC(CC(CC(CC(CC(CC(CC)c1ccccc1)c1ccccc1)c1ccc(C23CC(c4ccccc4)CC(CC)c4ccc(cc4)C(CC(CC)c4ccc(C)cc4)CC(c4ccc(C)cc4)CC(CC(c4ccc(C)cc4)CC(CCC)c4ccc(cc4)C(CC(CC)c4ccccc4)CC(c4ccccc4)C2)c2ccc3cc2)cc1)c1ccccc1)c1ccccc1)c1ccccc1. The molecule has 0 saturated carbocycles. The van der Waals surface area contributed by atoms with Gasteiger partial charge in [0.15, 0.2) is 0 Å². The second-order valence-corrected chi connectivity index (χ2v) is 43.2. The average molecular weight is 1840 g/mol. The summed E-state index contributed by atoms with van der Waals surface area (Å²) in [5, 5.41) is 0. The van der Waals surface area contributed by atoms with E-state index < -0.39 is 5.41 Å². The highest BCUT2D eigenvalue weighted by molar-refractivity contribution is 5.48. The first-order valence-electron chi connectivity index (χ1n) is 54.8. The van der Waals surface area contributed by atoms with E-state index in [1.807, 2.05) is 0 Å². The lowest BCUT2D eigenvalue weighted by Crippen LogP contribution is -2.33. The van der Waals surface area contributed by atoms with E-state index >= 15 is 0 Å². The predicted molar refractivity (Wildman–Crippen MR) is 598 cm³/mol. The largest absolute Gasteiger partial charge is 0.0654 e. The van der Waals surface area contributed by atoms with Gasteiger partial charge in [0.1, 0.15) is 0 Å². The molecule has 0 nitrogen and oxygen atoms in total. The Kier molecular flexibility index (Phi) is 35.4. The molecule has 0 N–H and O–H groups in total. The van der Waals surface area contributed by atoms with Crippen molar-refractivity contribution in [3.8, 4) is 0 Å². The zero-order valence-corrected chi connectivity index (χ0v) is 85.8. The van der Waals surface area contributed by atoms with Crippen molar-refractivity contribution in [1.82, 2.24) is 0 Å². The van der Waals surface area contributed by atoms with Crippen LogP contribution >= 0.6 is 0 Å². The first-order valence-corrected chi connectivity index (χ1v) is 54.8. The first kappa shape index (κ1) is 99.9. The first-order chi connectivity index (χ1) is 68.8. The van der Waals surface area contributed by atoms with Gasteiger partial charge in [-0.15, -0.1) is 0 Å². The van der Waals surface area contributed by atoms with E-state index in [4.69, 9.17) is 0 Å². The highest BCUT2D eigenvalue weighted by atomic mass is 14.5. The Morgan fingerprint density at radius 1 is 0.207 bits per heavy atom. The summed E-state index contributed by atoms with van der Waals surface area (Å²) in [6, 6.07) is 167. The van der Waals surface area contributed by atoms with Gasteiger partial charge in [-0.1, -0.05) is 484 Å². The predicted octanol–water partition coefficient (Wildman–Crippen LogP) is 39.5. The molecule has 8 aliphatic carbocycles. The van der Waals surface area contributed by atoms with Crippen molar-refractivity contribution in [2.24, 2.45) is 0 Å². The Balaban J connectivity index is 0.909. The zero-order chi connectivity index (χ0) is 96.4. The van der Waals surface area contributed by atoms with Crippen molar-refractivity contribution in [3.63, 3.8) is 0 Å². The normalized spacial score (nSPS) is 21.0. The fourth-order valence-corrected chi connectivity index (χ4v) is 26.3. The molecule has 8 bridgehead atoms. The van der Waals surface area contributed by atoms with Gasteiger partial charge < -0.3 is 0 Å². The Morgan fingerprint density at radius 3 is 0.807 bits per heavy atom. The van der Waals surface area contributed by atoms with Gasteiger partial charge in [0.25, 0.3) is 0 Å². The third kappa shape index (κ3) is 25.6. The van der Waals surface area contributed by atoms with Crippen LogP contribution in [0, 0.1) is 20.8 Å². The summed E-state index contributed by atoms with van der Waals surface area (Å²) in [4.78, 5) is 0. The van der Waals surface area contributed by atoms with E-state index in [1.54, 1.807) is 0 Å². The van der Waals surface area contributed by atoms with Crippen LogP contribution in [0.1, 0.15) is 412 Å². The lowest BCUT2D eigenvalue weighted by molar-refractivity contribution is 0.323. The molecule has 0 heteroatoms. The van der Waals surface area contributed by atoms with Gasteiger partial charge in [-0.2, -0.15) is 0 Å². The van der Waals surface area contributed by atoms with Gasteiger partial charge in [0.05, 0.1) is 0 Å². The molecule has 18 unspecified atom stereocenters. The average Bonchev–Trinajstić information content (AvgIpc) is 0.748. The van der Waals surface area contributed by atoms with Crippen molar-refractivity contribution in [1.29, 1.82) is 0 Å². The Labute approximate surface area is 844 Å². The smallest absolute Gasteiger partial charge is 0.0214 e. The topological polar surface area (TPSA) is 0 Å². The number of aryl methyl sites for hydroxylation is 3. The molecule has 0 saturated heterocycles. The van der Waals surface area contributed by atoms with Gasteiger partial charge in [-0.25, -0.2) is 0 Å². The quantitative estimate of drug-likeness (QED) is 0.0371. The van der Waals surface area contributed by atoms with Gasteiger partial charge in [0.2, 0.25) is 0 Å².